The second kappa shape index (κ2) is 7.83. The number of hydrogen-bond acceptors (Lipinski definition) is 7. The highest BCUT2D eigenvalue weighted by Gasteiger charge is 2.54. The molecular formula is C17H17ClN2O6S. The molecule has 0 bridgehead atoms. The minimum atomic E-state index is -4.26. The summed E-state index contributed by atoms with van der Waals surface area (Å²) in [4.78, 5) is 9.71. The summed E-state index contributed by atoms with van der Waals surface area (Å²) in [6.45, 7) is 0.110. The maximum atomic E-state index is 13.0. The van der Waals surface area contributed by atoms with Gasteiger partial charge in [0.2, 0.25) is 9.84 Å². The number of rotatable bonds is 5. The van der Waals surface area contributed by atoms with Gasteiger partial charge in [0.1, 0.15) is 11.5 Å². The number of halogens is 1. The Kier molecular flexibility index (Phi) is 5.68. The number of morpholine rings is 1. The maximum absolute atomic E-state index is 13.0. The number of carbonyl (C=O) groups is 1. The third kappa shape index (κ3) is 3.78. The van der Waals surface area contributed by atoms with Gasteiger partial charge in [-0.2, -0.15) is 0 Å². The zero-order chi connectivity index (χ0) is 19.5. The smallest absolute Gasteiger partial charge is 0.293 e. The Bertz CT molecular complexity index is 909. The van der Waals surface area contributed by atoms with E-state index in [4.69, 9.17) is 26.3 Å². The number of benzene rings is 2. The van der Waals surface area contributed by atoms with Crippen LogP contribution in [-0.4, -0.2) is 44.2 Å². The Morgan fingerprint density at radius 1 is 1.15 bits per heavy atom. The summed E-state index contributed by atoms with van der Waals surface area (Å²) < 4.78 is 37.0. The molecule has 2 aromatic rings. The van der Waals surface area contributed by atoms with Crippen LogP contribution < -0.4 is 15.5 Å². The molecule has 2 aromatic carbocycles. The van der Waals surface area contributed by atoms with Gasteiger partial charge in [0.15, 0.2) is 0 Å². The number of nitrogens with one attached hydrogen (secondary N) is 2. The van der Waals surface area contributed by atoms with E-state index in [2.05, 4.69) is 5.32 Å². The van der Waals surface area contributed by atoms with E-state index >= 15 is 0 Å². The first kappa shape index (κ1) is 19.6. The Morgan fingerprint density at radius 2 is 1.74 bits per heavy atom. The topological polar surface area (TPSA) is 114 Å². The van der Waals surface area contributed by atoms with Crippen molar-refractivity contribution in [1.29, 1.82) is 0 Å². The molecule has 0 aromatic heterocycles. The van der Waals surface area contributed by atoms with Crippen LogP contribution in [0.1, 0.15) is 0 Å². The molecule has 1 amide bonds. The summed E-state index contributed by atoms with van der Waals surface area (Å²) >= 11 is 5.82. The van der Waals surface area contributed by atoms with Gasteiger partial charge in [-0.25, -0.2) is 13.9 Å². The van der Waals surface area contributed by atoms with E-state index < -0.39 is 20.7 Å². The van der Waals surface area contributed by atoms with Crippen molar-refractivity contribution < 1.29 is 27.9 Å². The van der Waals surface area contributed by atoms with Gasteiger partial charge in [-0.3, -0.25) is 10.0 Å². The molecule has 27 heavy (non-hydrogen) atoms. The molecule has 1 heterocycles. The maximum Gasteiger partial charge on any atom is 0.293 e. The predicted molar refractivity (Wildman–Crippen MR) is 96.6 cm³/mol. The molecule has 0 radical (unpaired) electrons. The van der Waals surface area contributed by atoms with Crippen LogP contribution in [0.15, 0.2) is 53.4 Å². The van der Waals surface area contributed by atoms with E-state index in [-0.39, 0.29) is 18.0 Å². The van der Waals surface area contributed by atoms with E-state index in [1.807, 2.05) is 0 Å². The first-order valence-corrected chi connectivity index (χ1v) is 9.82. The van der Waals surface area contributed by atoms with Gasteiger partial charge >= 0.3 is 0 Å². The highest BCUT2D eigenvalue weighted by molar-refractivity contribution is 7.93. The monoisotopic (exact) mass is 412 g/mol. The van der Waals surface area contributed by atoms with Gasteiger partial charge in [0, 0.05) is 18.1 Å². The van der Waals surface area contributed by atoms with Crippen LogP contribution in [0, 0.1) is 0 Å². The lowest BCUT2D eigenvalue weighted by molar-refractivity contribution is -0.147. The lowest BCUT2D eigenvalue weighted by Crippen LogP contribution is -2.62. The normalized spacial score (nSPS) is 20.1. The highest BCUT2D eigenvalue weighted by atomic mass is 35.5. The van der Waals surface area contributed by atoms with Crippen molar-refractivity contribution in [1.82, 2.24) is 10.8 Å². The predicted octanol–water partition coefficient (Wildman–Crippen LogP) is 1.73. The number of sulfone groups is 1. The Labute approximate surface area is 160 Å². The minimum Gasteiger partial charge on any atom is -0.457 e. The van der Waals surface area contributed by atoms with E-state index in [1.165, 1.54) is 29.7 Å². The molecule has 1 aliphatic rings. The fourth-order valence-electron chi connectivity index (χ4n) is 2.63. The molecule has 0 spiro atoms. The van der Waals surface area contributed by atoms with Crippen molar-refractivity contribution >= 4 is 27.3 Å². The molecule has 10 heteroatoms. The number of hydrogen-bond donors (Lipinski definition) is 3. The summed E-state index contributed by atoms with van der Waals surface area (Å²) in [6.07, 6.45) is 0. The molecule has 3 rings (SSSR count). The van der Waals surface area contributed by atoms with Crippen molar-refractivity contribution in [3.8, 4) is 11.5 Å². The van der Waals surface area contributed by atoms with Crippen LogP contribution in [0.3, 0.4) is 0 Å². The summed E-state index contributed by atoms with van der Waals surface area (Å²) in [5, 5.41) is 12.4. The zero-order valence-electron chi connectivity index (χ0n) is 14.0. The Balaban J connectivity index is 1.88. The largest absolute Gasteiger partial charge is 0.457 e. The fourth-order valence-corrected chi connectivity index (χ4v) is 4.45. The molecule has 1 saturated heterocycles. The van der Waals surface area contributed by atoms with Crippen LogP contribution in [0.5, 0.6) is 11.5 Å². The highest BCUT2D eigenvalue weighted by Crippen LogP contribution is 2.31. The molecule has 1 atom stereocenters. The van der Waals surface area contributed by atoms with E-state index in [0.29, 0.717) is 23.1 Å². The lowest BCUT2D eigenvalue weighted by Gasteiger charge is -2.34. The molecule has 3 N–H and O–H groups in total. The summed E-state index contributed by atoms with van der Waals surface area (Å²) in [5.74, 6) is -0.221. The average molecular weight is 413 g/mol. The van der Waals surface area contributed by atoms with Gasteiger partial charge in [0.25, 0.3) is 10.8 Å². The standard InChI is InChI=1S/C17H17ClN2O6S/c18-12-1-3-13(4-2-12)26-14-5-7-15(8-6-14)27(23,24)17(16(21)20-22)11-19-9-10-25-17/h1-8,19,22H,9-11H2,(H,20,21)/t17-/m1/s1. The van der Waals surface area contributed by atoms with Crippen molar-refractivity contribution in [2.45, 2.75) is 9.83 Å². The SMILES string of the molecule is O=C(NO)[C@]1(S(=O)(=O)c2ccc(Oc3ccc(Cl)cc3)cc2)CNCCO1. The number of carbonyl (C=O) groups excluding carboxylic acids is 1. The van der Waals surface area contributed by atoms with Crippen LogP contribution >= 0.6 is 11.6 Å². The van der Waals surface area contributed by atoms with Gasteiger partial charge in [-0.15, -0.1) is 0 Å². The number of amides is 1. The van der Waals surface area contributed by atoms with E-state index in [9.17, 15) is 13.2 Å². The van der Waals surface area contributed by atoms with Crippen LogP contribution in [0.4, 0.5) is 0 Å². The Morgan fingerprint density at radius 3 is 2.26 bits per heavy atom. The van der Waals surface area contributed by atoms with Gasteiger partial charge in [-0.1, -0.05) is 11.6 Å². The molecule has 1 fully saturated rings. The summed E-state index contributed by atoms with van der Waals surface area (Å²) in [6, 6.07) is 12.2. The van der Waals surface area contributed by atoms with Crippen molar-refractivity contribution in [2.75, 3.05) is 19.7 Å². The van der Waals surface area contributed by atoms with Crippen molar-refractivity contribution in [3.63, 3.8) is 0 Å². The molecule has 0 aliphatic carbocycles. The third-order valence-electron chi connectivity index (χ3n) is 4.04. The van der Waals surface area contributed by atoms with Gasteiger partial charge in [-0.05, 0) is 48.5 Å². The van der Waals surface area contributed by atoms with Crippen molar-refractivity contribution in [2.24, 2.45) is 0 Å². The summed E-state index contributed by atoms with van der Waals surface area (Å²) in [5.41, 5.74) is 1.38. The first-order valence-electron chi connectivity index (χ1n) is 7.96. The zero-order valence-corrected chi connectivity index (χ0v) is 15.6. The first-order chi connectivity index (χ1) is 12.9. The fraction of sp³-hybridized carbons (Fsp3) is 0.235. The lowest BCUT2D eigenvalue weighted by atomic mass is 10.3. The average Bonchev–Trinajstić information content (AvgIpc) is 2.70. The molecular weight excluding hydrogens is 396 g/mol. The van der Waals surface area contributed by atoms with Crippen LogP contribution in [-0.2, 0) is 19.4 Å². The third-order valence-corrected chi connectivity index (χ3v) is 6.50. The molecule has 1 aliphatic heterocycles. The second-order valence-corrected chi connectivity index (χ2v) is 8.32. The van der Waals surface area contributed by atoms with Crippen LogP contribution in [0.2, 0.25) is 5.02 Å². The van der Waals surface area contributed by atoms with Crippen LogP contribution in [0.25, 0.3) is 0 Å². The van der Waals surface area contributed by atoms with E-state index in [1.54, 1.807) is 24.3 Å². The van der Waals surface area contributed by atoms with Crippen molar-refractivity contribution in [3.05, 3.63) is 53.6 Å². The minimum absolute atomic E-state index is 0.00438. The summed E-state index contributed by atoms with van der Waals surface area (Å²) in [7, 11) is -4.26. The number of hydroxylamine groups is 1. The van der Waals surface area contributed by atoms with E-state index in [0.717, 1.165) is 0 Å². The number of ether oxygens (including phenoxy) is 2. The molecule has 8 nitrogen and oxygen atoms in total. The van der Waals surface area contributed by atoms with Gasteiger partial charge < -0.3 is 14.8 Å². The Hall–Kier alpha value is -2.17. The molecule has 0 unspecified atom stereocenters. The van der Waals surface area contributed by atoms with Gasteiger partial charge in [0.05, 0.1) is 11.5 Å². The quantitative estimate of drug-likeness (QED) is 0.506. The molecule has 144 valence electrons. The second-order valence-electron chi connectivity index (χ2n) is 5.75. The molecule has 0 saturated carbocycles.